The maximum absolute atomic E-state index is 11.4. The van der Waals surface area contributed by atoms with Crippen molar-refractivity contribution in [2.24, 2.45) is 5.92 Å². The number of rotatable bonds is 6. The van der Waals surface area contributed by atoms with Crippen molar-refractivity contribution in [3.05, 3.63) is 22.4 Å². The van der Waals surface area contributed by atoms with Crippen LogP contribution in [0.2, 0.25) is 0 Å². The number of hydrogen-bond donors (Lipinski definition) is 2. The molecule has 0 saturated heterocycles. The summed E-state index contributed by atoms with van der Waals surface area (Å²) in [5.41, 5.74) is 0. The molecule has 0 aliphatic carbocycles. The topological polar surface area (TPSA) is 66.4 Å². The number of thiophene rings is 1. The van der Waals surface area contributed by atoms with Crippen LogP contribution in [0.3, 0.4) is 0 Å². The van der Waals surface area contributed by atoms with Gasteiger partial charge in [0.2, 0.25) is 5.91 Å². The third-order valence-corrected chi connectivity index (χ3v) is 2.97. The molecule has 0 spiro atoms. The van der Waals surface area contributed by atoms with Gasteiger partial charge in [-0.25, -0.2) is 0 Å². The predicted octanol–water partition coefficient (Wildman–Crippen LogP) is 1.87. The van der Waals surface area contributed by atoms with Crippen LogP contribution < -0.4 is 5.32 Å². The summed E-state index contributed by atoms with van der Waals surface area (Å²) in [5.74, 6) is -1.08. The molecule has 1 atom stereocenters. The molecular weight excluding hydrogens is 226 g/mol. The lowest BCUT2D eigenvalue weighted by Crippen LogP contribution is -2.24. The van der Waals surface area contributed by atoms with E-state index in [1.54, 1.807) is 18.3 Å². The monoisotopic (exact) mass is 241 g/mol. The molecule has 1 heterocycles. The lowest BCUT2D eigenvalue weighted by atomic mass is 10.0. The molecule has 1 amide bonds. The second-order valence-electron chi connectivity index (χ2n) is 3.76. The summed E-state index contributed by atoms with van der Waals surface area (Å²) in [6.45, 7) is 2.29. The van der Waals surface area contributed by atoms with Crippen LogP contribution in [-0.2, 0) is 16.1 Å². The van der Waals surface area contributed by atoms with Gasteiger partial charge in [-0.15, -0.1) is 11.3 Å². The number of carboxylic acid groups (broad SMARTS) is 1. The highest BCUT2D eigenvalue weighted by Gasteiger charge is 2.12. The van der Waals surface area contributed by atoms with Crippen LogP contribution in [0.1, 0.15) is 24.6 Å². The normalized spacial score (nSPS) is 12.1. The highest BCUT2D eigenvalue weighted by atomic mass is 32.1. The van der Waals surface area contributed by atoms with E-state index >= 15 is 0 Å². The van der Waals surface area contributed by atoms with E-state index in [2.05, 4.69) is 5.32 Å². The molecule has 0 radical (unpaired) electrons. The Labute approximate surface area is 98.3 Å². The van der Waals surface area contributed by atoms with Crippen LogP contribution in [0.5, 0.6) is 0 Å². The SMILES string of the molecule is C[C@H](CC(=O)O)CC(=O)NCc1cccs1. The van der Waals surface area contributed by atoms with E-state index in [-0.39, 0.29) is 24.7 Å². The van der Waals surface area contributed by atoms with Gasteiger partial charge in [-0.1, -0.05) is 13.0 Å². The summed E-state index contributed by atoms with van der Waals surface area (Å²) >= 11 is 1.59. The molecule has 16 heavy (non-hydrogen) atoms. The van der Waals surface area contributed by atoms with Gasteiger partial charge in [-0.05, 0) is 17.4 Å². The average molecular weight is 241 g/mol. The van der Waals surface area contributed by atoms with Gasteiger partial charge in [0.05, 0.1) is 6.54 Å². The van der Waals surface area contributed by atoms with Crippen molar-refractivity contribution in [2.75, 3.05) is 0 Å². The molecule has 0 unspecified atom stereocenters. The minimum Gasteiger partial charge on any atom is -0.481 e. The highest BCUT2D eigenvalue weighted by molar-refractivity contribution is 7.09. The van der Waals surface area contributed by atoms with Gasteiger partial charge in [0.1, 0.15) is 0 Å². The Morgan fingerprint density at radius 3 is 2.81 bits per heavy atom. The zero-order valence-corrected chi connectivity index (χ0v) is 9.92. The molecule has 0 aromatic carbocycles. The summed E-state index contributed by atoms with van der Waals surface area (Å²) in [4.78, 5) is 22.9. The lowest BCUT2D eigenvalue weighted by Gasteiger charge is -2.08. The fourth-order valence-electron chi connectivity index (χ4n) is 1.36. The van der Waals surface area contributed by atoms with Crippen molar-refractivity contribution in [3.8, 4) is 0 Å². The van der Waals surface area contributed by atoms with Crippen LogP contribution in [-0.4, -0.2) is 17.0 Å². The summed E-state index contributed by atoms with van der Waals surface area (Å²) < 4.78 is 0. The molecular formula is C11H15NO3S. The first-order chi connectivity index (χ1) is 7.58. The van der Waals surface area contributed by atoms with Gasteiger partial charge in [0.25, 0.3) is 0 Å². The van der Waals surface area contributed by atoms with Gasteiger partial charge < -0.3 is 10.4 Å². The van der Waals surface area contributed by atoms with E-state index in [9.17, 15) is 9.59 Å². The fraction of sp³-hybridized carbons (Fsp3) is 0.455. The van der Waals surface area contributed by atoms with Crippen molar-refractivity contribution in [2.45, 2.75) is 26.3 Å². The number of amides is 1. The maximum atomic E-state index is 11.4. The molecule has 0 aliphatic rings. The van der Waals surface area contributed by atoms with E-state index < -0.39 is 5.97 Å². The fourth-order valence-corrected chi connectivity index (χ4v) is 2.00. The first-order valence-electron chi connectivity index (χ1n) is 5.09. The largest absolute Gasteiger partial charge is 0.481 e. The number of aliphatic carboxylic acids is 1. The van der Waals surface area contributed by atoms with Gasteiger partial charge in [0, 0.05) is 17.7 Å². The van der Waals surface area contributed by atoms with Crippen molar-refractivity contribution < 1.29 is 14.7 Å². The van der Waals surface area contributed by atoms with Gasteiger partial charge >= 0.3 is 5.97 Å². The molecule has 1 aromatic heterocycles. The minimum atomic E-state index is -0.862. The molecule has 0 aliphatic heterocycles. The molecule has 5 heteroatoms. The Morgan fingerprint density at radius 2 is 2.25 bits per heavy atom. The first-order valence-corrected chi connectivity index (χ1v) is 5.96. The van der Waals surface area contributed by atoms with Gasteiger partial charge in [0.15, 0.2) is 0 Å². The number of carboxylic acids is 1. The van der Waals surface area contributed by atoms with Crippen LogP contribution in [0.25, 0.3) is 0 Å². The molecule has 1 aromatic rings. The Kier molecular flexibility index (Phi) is 4.98. The van der Waals surface area contributed by atoms with Crippen LogP contribution in [0.15, 0.2) is 17.5 Å². The lowest BCUT2D eigenvalue weighted by molar-refractivity contribution is -0.138. The Bertz CT molecular complexity index is 348. The van der Waals surface area contributed by atoms with Crippen LogP contribution in [0, 0.1) is 5.92 Å². The maximum Gasteiger partial charge on any atom is 0.303 e. The highest BCUT2D eigenvalue weighted by Crippen LogP contribution is 2.09. The zero-order chi connectivity index (χ0) is 12.0. The van der Waals surface area contributed by atoms with E-state index in [1.165, 1.54) is 0 Å². The summed E-state index contributed by atoms with van der Waals surface area (Å²) in [5, 5.41) is 13.3. The number of nitrogens with one attached hydrogen (secondary N) is 1. The number of carbonyl (C=O) groups is 2. The summed E-state index contributed by atoms with van der Waals surface area (Å²) in [6, 6.07) is 3.88. The Hall–Kier alpha value is -1.36. The van der Waals surface area contributed by atoms with Crippen molar-refractivity contribution in [1.82, 2.24) is 5.32 Å². The predicted molar refractivity (Wildman–Crippen MR) is 62.2 cm³/mol. The third kappa shape index (κ3) is 4.93. The number of hydrogen-bond acceptors (Lipinski definition) is 3. The number of carbonyl (C=O) groups excluding carboxylic acids is 1. The summed E-state index contributed by atoms with van der Waals surface area (Å²) in [7, 11) is 0. The van der Waals surface area contributed by atoms with Crippen LogP contribution in [0.4, 0.5) is 0 Å². The molecule has 0 fully saturated rings. The average Bonchev–Trinajstić information content (AvgIpc) is 2.65. The molecule has 1 rings (SSSR count). The third-order valence-electron chi connectivity index (χ3n) is 2.10. The summed E-state index contributed by atoms with van der Waals surface area (Å²) in [6.07, 6.45) is 0.296. The Balaban J connectivity index is 2.23. The molecule has 2 N–H and O–H groups in total. The standard InChI is InChI=1S/C11H15NO3S/c1-8(6-11(14)15)5-10(13)12-7-9-3-2-4-16-9/h2-4,8H,5-7H2,1H3,(H,12,13)(H,14,15)/t8-/m0/s1. The van der Waals surface area contributed by atoms with Gasteiger partial charge in [-0.3, -0.25) is 9.59 Å². The van der Waals surface area contributed by atoms with Crippen molar-refractivity contribution in [1.29, 1.82) is 0 Å². The Morgan fingerprint density at radius 1 is 1.50 bits per heavy atom. The molecule has 0 bridgehead atoms. The van der Waals surface area contributed by atoms with Crippen molar-refractivity contribution >= 4 is 23.2 Å². The quantitative estimate of drug-likeness (QED) is 0.799. The van der Waals surface area contributed by atoms with E-state index in [0.29, 0.717) is 6.54 Å². The smallest absolute Gasteiger partial charge is 0.303 e. The second kappa shape index (κ2) is 6.27. The minimum absolute atomic E-state index is 0.0341. The van der Waals surface area contributed by atoms with Crippen LogP contribution >= 0.6 is 11.3 Å². The molecule has 0 saturated carbocycles. The molecule has 4 nitrogen and oxygen atoms in total. The van der Waals surface area contributed by atoms with E-state index in [4.69, 9.17) is 5.11 Å². The van der Waals surface area contributed by atoms with E-state index in [1.807, 2.05) is 17.5 Å². The second-order valence-corrected chi connectivity index (χ2v) is 4.80. The first kappa shape index (κ1) is 12.7. The van der Waals surface area contributed by atoms with Gasteiger partial charge in [-0.2, -0.15) is 0 Å². The van der Waals surface area contributed by atoms with Crippen molar-refractivity contribution in [3.63, 3.8) is 0 Å². The molecule has 88 valence electrons. The van der Waals surface area contributed by atoms with E-state index in [0.717, 1.165) is 4.88 Å². The zero-order valence-electron chi connectivity index (χ0n) is 9.10.